The summed E-state index contributed by atoms with van der Waals surface area (Å²) in [7, 11) is 0. The fourth-order valence-corrected chi connectivity index (χ4v) is 4.79. The number of hydrogen-bond acceptors (Lipinski definition) is 5. The summed E-state index contributed by atoms with van der Waals surface area (Å²) < 4.78 is 0. The Morgan fingerprint density at radius 1 is 1.27 bits per heavy atom. The molecular weight excluding hydrogens is 332 g/mol. The topological polar surface area (TPSA) is 102 Å². The summed E-state index contributed by atoms with van der Waals surface area (Å²) in [6, 6.07) is 0.206. The first-order valence-electron chi connectivity index (χ1n) is 9.86. The van der Waals surface area contributed by atoms with Crippen LogP contribution >= 0.6 is 0 Å². The molecule has 5 N–H and O–H groups in total. The minimum atomic E-state index is -0.236. The second-order valence-corrected chi connectivity index (χ2v) is 7.92. The van der Waals surface area contributed by atoms with Gasteiger partial charge in [0.05, 0.1) is 19.1 Å². The lowest BCUT2D eigenvalue weighted by atomic mass is 9.76. The average Bonchev–Trinajstić information content (AvgIpc) is 2.63. The third-order valence-electron chi connectivity index (χ3n) is 6.29. The minimum Gasteiger partial charge on any atom is -0.394 e. The molecule has 0 aliphatic carbocycles. The van der Waals surface area contributed by atoms with Crippen LogP contribution in [-0.2, 0) is 9.59 Å². The van der Waals surface area contributed by atoms with E-state index in [0.29, 0.717) is 5.57 Å². The van der Waals surface area contributed by atoms with Crippen molar-refractivity contribution < 1.29 is 14.7 Å². The van der Waals surface area contributed by atoms with Crippen molar-refractivity contribution in [3.63, 3.8) is 0 Å². The summed E-state index contributed by atoms with van der Waals surface area (Å²) in [5, 5.41) is 22.5. The lowest BCUT2D eigenvalue weighted by Crippen LogP contribution is -2.57. The number of carbonyl (C=O) groups is 2. The Hall–Kier alpha value is -1.44. The zero-order valence-electron chi connectivity index (χ0n) is 15.8. The molecule has 0 radical (unpaired) electrons. The van der Waals surface area contributed by atoms with Crippen molar-refractivity contribution in [3.8, 4) is 0 Å². The van der Waals surface area contributed by atoms with Gasteiger partial charge in [0.1, 0.15) is 0 Å². The molecule has 3 rings (SSSR count). The molecule has 2 saturated heterocycles. The summed E-state index contributed by atoms with van der Waals surface area (Å²) in [5.74, 6) is 0.229. The molecule has 7 heteroatoms. The smallest absolute Gasteiger partial charge is 0.247 e. The maximum absolute atomic E-state index is 12.6. The highest BCUT2D eigenvalue weighted by molar-refractivity contribution is 6.00. The maximum Gasteiger partial charge on any atom is 0.247 e. The Kier molecular flexibility index (Phi) is 6.32. The predicted molar refractivity (Wildman–Crippen MR) is 99.4 cm³/mol. The van der Waals surface area contributed by atoms with Crippen LogP contribution in [0.4, 0.5) is 0 Å². The van der Waals surface area contributed by atoms with Gasteiger partial charge in [0.25, 0.3) is 0 Å². The Balaban J connectivity index is 1.67. The van der Waals surface area contributed by atoms with Crippen molar-refractivity contribution in [2.75, 3.05) is 26.2 Å². The number of hydrogen-bond donors (Lipinski definition) is 5. The molecule has 3 aliphatic heterocycles. The monoisotopic (exact) mass is 364 g/mol. The van der Waals surface area contributed by atoms with Crippen LogP contribution in [0.5, 0.6) is 0 Å². The van der Waals surface area contributed by atoms with Crippen LogP contribution in [0.3, 0.4) is 0 Å². The summed E-state index contributed by atoms with van der Waals surface area (Å²) in [6.45, 7) is 6.79. The second-order valence-electron chi connectivity index (χ2n) is 7.92. The zero-order chi connectivity index (χ0) is 18.7. The van der Waals surface area contributed by atoms with Gasteiger partial charge in [-0.05, 0) is 58.7 Å². The first-order chi connectivity index (χ1) is 12.5. The Bertz CT molecular complexity index is 571. The van der Waals surface area contributed by atoms with E-state index >= 15 is 0 Å². The van der Waals surface area contributed by atoms with E-state index < -0.39 is 0 Å². The number of aliphatic hydroxyl groups excluding tert-OH is 1. The molecule has 3 aliphatic rings. The van der Waals surface area contributed by atoms with Gasteiger partial charge < -0.3 is 26.4 Å². The zero-order valence-corrected chi connectivity index (χ0v) is 15.8. The minimum absolute atomic E-state index is 0.0632. The first kappa shape index (κ1) is 19.3. The molecule has 2 fully saturated rings. The van der Waals surface area contributed by atoms with E-state index in [9.17, 15) is 14.7 Å². The SMILES string of the molecule is CC1=C(CC(=O)N[C@@H](CO)C2CCNCC2)C(=O)NC2CCNC(C)C12. The molecule has 0 aromatic carbocycles. The number of amides is 2. The van der Waals surface area contributed by atoms with E-state index in [4.69, 9.17) is 0 Å². The lowest BCUT2D eigenvalue weighted by Gasteiger charge is -2.42. The summed E-state index contributed by atoms with van der Waals surface area (Å²) in [5.41, 5.74) is 1.61. The molecule has 3 unspecified atom stereocenters. The van der Waals surface area contributed by atoms with Gasteiger partial charge >= 0.3 is 0 Å². The number of fused-ring (bicyclic) bond motifs is 1. The van der Waals surface area contributed by atoms with Crippen LogP contribution in [-0.4, -0.2) is 61.3 Å². The normalized spacial score (nSPS) is 31.2. The number of rotatable bonds is 5. The third-order valence-corrected chi connectivity index (χ3v) is 6.29. The standard InChI is InChI=1S/C19H32N4O3/c1-11-14(19(26)23-15-5-8-21-12(2)18(11)15)9-17(25)22-16(10-24)13-3-6-20-7-4-13/h12-13,15-16,18,20-21,24H,3-10H2,1-2H3,(H,22,25)(H,23,26)/t12?,15?,16-,18?/m0/s1. The highest BCUT2D eigenvalue weighted by Gasteiger charge is 2.39. The van der Waals surface area contributed by atoms with Gasteiger partial charge in [-0.1, -0.05) is 5.57 Å². The van der Waals surface area contributed by atoms with Crippen LogP contribution in [0.25, 0.3) is 0 Å². The Morgan fingerprint density at radius 2 is 2.00 bits per heavy atom. The van der Waals surface area contributed by atoms with E-state index in [1.807, 2.05) is 6.92 Å². The molecule has 0 spiro atoms. The van der Waals surface area contributed by atoms with E-state index in [1.54, 1.807) is 0 Å². The summed E-state index contributed by atoms with van der Waals surface area (Å²) >= 11 is 0. The fraction of sp³-hybridized carbons (Fsp3) is 0.789. The van der Waals surface area contributed by atoms with E-state index in [2.05, 4.69) is 28.2 Å². The molecule has 26 heavy (non-hydrogen) atoms. The van der Waals surface area contributed by atoms with Crippen LogP contribution in [0, 0.1) is 11.8 Å². The largest absolute Gasteiger partial charge is 0.394 e. The van der Waals surface area contributed by atoms with Crippen LogP contribution in [0.2, 0.25) is 0 Å². The predicted octanol–water partition coefficient (Wildman–Crippen LogP) is -0.334. The van der Waals surface area contributed by atoms with Gasteiger partial charge in [-0.3, -0.25) is 9.59 Å². The van der Waals surface area contributed by atoms with Crippen molar-refractivity contribution in [1.82, 2.24) is 21.3 Å². The van der Waals surface area contributed by atoms with Gasteiger partial charge in [-0.2, -0.15) is 0 Å². The van der Waals surface area contributed by atoms with Gasteiger partial charge in [0, 0.05) is 23.6 Å². The van der Waals surface area contributed by atoms with Gasteiger partial charge in [0.15, 0.2) is 0 Å². The number of nitrogens with one attached hydrogen (secondary N) is 4. The number of piperidine rings is 2. The van der Waals surface area contributed by atoms with Crippen molar-refractivity contribution in [2.24, 2.45) is 11.8 Å². The average molecular weight is 364 g/mol. The Morgan fingerprint density at radius 3 is 2.69 bits per heavy atom. The number of aliphatic hydroxyl groups is 1. The van der Waals surface area contributed by atoms with E-state index in [-0.39, 0.29) is 54.8 Å². The maximum atomic E-state index is 12.6. The quantitative estimate of drug-likeness (QED) is 0.460. The molecule has 0 saturated carbocycles. The highest BCUT2D eigenvalue weighted by Crippen LogP contribution is 2.32. The molecule has 0 bridgehead atoms. The molecule has 0 aromatic heterocycles. The molecule has 7 nitrogen and oxygen atoms in total. The molecule has 4 atom stereocenters. The van der Waals surface area contributed by atoms with E-state index in [1.165, 1.54) is 0 Å². The van der Waals surface area contributed by atoms with Crippen LogP contribution in [0.15, 0.2) is 11.1 Å². The molecule has 146 valence electrons. The molecule has 3 heterocycles. The van der Waals surface area contributed by atoms with Crippen LogP contribution < -0.4 is 21.3 Å². The summed E-state index contributed by atoms with van der Waals surface area (Å²) in [6.07, 6.45) is 2.89. The van der Waals surface area contributed by atoms with Gasteiger partial charge in [-0.25, -0.2) is 0 Å². The Labute approximate surface area is 155 Å². The first-order valence-corrected chi connectivity index (χ1v) is 9.86. The molecular formula is C19H32N4O3. The van der Waals surface area contributed by atoms with Crippen LogP contribution in [0.1, 0.15) is 39.5 Å². The lowest BCUT2D eigenvalue weighted by molar-refractivity contribution is -0.125. The fourth-order valence-electron chi connectivity index (χ4n) is 4.79. The highest BCUT2D eigenvalue weighted by atomic mass is 16.3. The summed E-state index contributed by atoms with van der Waals surface area (Å²) in [4.78, 5) is 25.1. The van der Waals surface area contributed by atoms with E-state index in [0.717, 1.165) is 44.5 Å². The second kappa shape index (κ2) is 8.50. The van der Waals surface area contributed by atoms with Crippen molar-refractivity contribution in [2.45, 2.75) is 57.7 Å². The molecule has 2 amide bonds. The van der Waals surface area contributed by atoms with Gasteiger partial charge in [0.2, 0.25) is 11.8 Å². The third kappa shape index (κ3) is 4.10. The van der Waals surface area contributed by atoms with Gasteiger partial charge in [-0.15, -0.1) is 0 Å². The van der Waals surface area contributed by atoms with Crippen molar-refractivity contribution >= 4 is 11.8 Å². The van der Waals surface area contributed by atoms with Crippen molar-refractivity contribution in [3.05, 3.63) is 11.1 Å². The molecule has 0 aromatic rings. The van der Waals surface area contributed by atoms with Crippen molar-refractivity contribution in [1.29, 1.82) is 0 Å². The number of carbonyl (C=O) groups excluding carboxylic acids is 2.